The van der Waals surface area contributed by atoms with Crippen LogP contribution in [0.2, 0.25) is 0 Å². The fourth-order valence-corrected chi connectivity index (χ4v) is 3.60. The van der Waals surface area contributed by atoms with Crippen LogP contribution < -0.4 is 5.32 Å². The lowest BCUT2D eigenvalue weighted by Crippen LogP contribution is -2.45. The van der Waals surface area contributed by atoms with Crippen molar-refractivity contribution in [1.82, 2.24) is 5.32 Å². The molecule has 1 aliphatic carbocycles. The zero-order valence-electron chi connectivity index (χ0n) is 14.7. The molecule has 0 radical (unpaired) electrons. The predicted molar refractivity (Wildman–Crippen MR) is 87.7 cm³/mol. The van der Waals surface area contributed by atoms with E-state index in [0.717, 1.165) is 44.8 Å². The topological polar surface area (TPSA) is 47.6 Å². The van der Waals surface area contributed by atoms with Gasteiger partial charge in [0.1, 0.15) is 5.60 Å². The average molecular weight is 311 g/mol. The van der Waals surface area contributed by atoms with Gasteiger partial charge in [-0.05, 0) is 72.1 Å². The maximum Gasteiger partial charge on any atom is 0.309 e. The zero-order chi connectivity index (χ0) is 16.2. The van der Waals surface area contributed by atoms with Gasteiger partial charge < -0.3 is 14.8 Å². The van der Waals surface area contributed by atoms with Crippen LogP contribution in [-0.4, -0.2) is 36.9 Å². The molecule has 1 unspecified atom stereocenters. The van der Waals surface area contributed by atoms with E-state index in [4.69, 9.17) is 9.47 Å². The smallest absolute Gasteiger partial charge is 0.309 e. The number of nitrogens with one attached hydrogen (secondary N) is 1. The van der Waals surface area contributed by atoms with Gasteiger partial charge in [0.15, 0.2) is 0 Å². The molecule has 2 rings (SSSR count). The number of rotatable bonds is 4. The van der Waals surface area contributed by atoms with Crippen molar-refractivity contribution in [3.63, 3.8) is 0 Å². The minimum Gasteiger partial charge on any atom is -0.460 e. The van der Waals surface area contributed by atoms with Gasteiger partial charge in [-0.3, -0.25) is 4.79 Å². The van der Waals surface area contributed by atoms with E-state index in [1.807, 2.05) is 20.8 Å². The summed E-state index contributed by atoms with van der Waals surface area (Å²) in [7, 11) is 0. The molecule has 1 saturated heterocycles. The normalized spacial score (nSPS) is 29.1. The summed E-state index contributed by atoms with van der Waals surface area (Å²) < 4.78 is 11.0. The van der Waals surface area contributed by atoms with E-state index < -0.39 is 0 Å². The minimum absolute atomic E-state index is 0.0107. The van der Waals surface area contributed by atoms with Gasteiger partial charge in [0.2, 0.25) is 0 Å². The van der Waals surface area contributed by atoms with Gasteiger partial charge >= 0.3 is 5.97 Å². The highest BCUT2D eigenvalue weighted by Crippen LogP contribution is 2.28. The van der Waals surface area contributed by atoms with E-state index in [-0.39, 0.29) is 17.5 Å². The summed E-state index contributed by atoms with van der Waals surface area (Å²) in [4.78, 5) is 12.1. The molecule has 1 saturated carbocycles. The molecule has 1 aliphatic heterocycles. The highest BCUT2D eigenvalue weighted by atomic mass is 16.6. The summed E-state index contributed by atoms with van der Waals surface area (Å²) in [6.45, 7) is 9.93. The maximum absolute atomic E-state index is 12.1. The summed E-state index contributed by atoms with van der Waals surface area (Å²) in [5.41, 5.74) is -0.371. The van der Waals surface area contributed by atoms with Crippen LogP contribution in [0.1, 0.15) is 66.2 Å². The molecule has 1 heterocycles. The number of hydrogen-bond donors (Lipinski definition) is 1. The lowest BCUT2D eigenvalue weighted by Gasteiger charge is -2.35. The first-order chi connectivity index (χ1) is 10.3. The molecule has 0 spiro atoms. The second-order valence-electron chi connectivity index (χ2n) is 7.99. The average Bonchev–Trinajstić information content (AvgIpc) is 2.47. The Hall–Kier alpha value is -0.610. The minimum atomic E-state index is -0.371. The van der Waals surface area contributed by atoms with Crippen LogP contribution in [0, 0.1) is 11.8 Å². The Labute approximate surface area is 135 Å². The van der Waals surface area contributed by atoms with Gasteiger partial charge in [-0.1, -0.05) is 0 Å². The molecule has 1 atom stereocenters. The van der Waals surface area contributed by atoms with Gasteiger partial charge in [0.05, 0.1) is 5.92 Å². The molecule has 4 nitrogen and oxygen atoms in total. The van der Waals surface area contributed by atoms with Crippen LogP contribution in [0.4, 0.5) is 0 Å². The first-order valence-corrected chi connectivity index (χ1v) is 8.92. The summed E-state index contributed by atoms with van der Waals surface area (Å²) >= 11 is 0. The third kappa shape index (κ3) is 5.54. The highest BCUT2D eigenvalue weighted by molar-refractivity contribution is 5.73. The number of carbonyl (C=O) groups is 1. The molecule has 1 N–H and O–H groups in total. The molecule has 128 valence electrons. The van der Waals surface area contributed by atoms with Crippen molar-refractivity contribution in [1.29, 1.82) is 0 Å². The molecule has 0 bridgehead atoms. The molecule has 0 aromatic heterocycles. The Bertz CT molecular complexity index is 350. The quantitative estimate of drug-likeness (QED) is 0.809. The zero-order valence-corrected chi connectivity index (χ0v) is 14.7. The third-order valence-corrected chi connectivity index (χ3v) is 4.94. The van der Waals surface area contributed by atoms with Gasteiger partial charge in [0, 0.05) is 25.3 Å². The molecule has 2 aliphatic rings. The molecule has 22 heavy (non-hydrogen) atoms. The van der Waals surface area contributed by atoms with Gasteiger partial charge in [0.25, 0.3) is 0 Å². The fraction of sp³-hybridized carbons (Fsp3) is 0.944. The standard InChI is InChI=1S/C18H33NO3/c1-13(14-9-11-21-12-10-14)19-16-7-5-15(6-8-16)17(20)22-18(2,3)4/h13-16,19H,5-12H2,1-4H3. The van der Waals surface area contributed by atoms with Crippen LogP contribution >= 0.6 is 0 Å². The fourth-order valence-electron chi connectivity index (χ4n) is 3.60. The van der Waals surface area contributed by atoms with Crippen molar-refractivity contribution in [2.24, 2.45) is 11.8 Å². The Kier molecular flexibility index (Phi) is 6.27. The Morgan fingerprint density at radius 2 is 1.68 bits per heavy atom. The van der Waals surface area contributed by atoms with Crippen LogP contribution in [0.15, 0.2) is 0 Å². The highest BCUT2D eigenvalue weighted by Gasteiger charge is 2.31. The third-order valence-electron chi connectivity index (χ3n) is 4.94. The molecule has 0 aromatic carbocycles. The van der Waals surface area contributed by atoms with E-state index >= 15 is 0 Å². The van der Waals surface area contributed by atoms with E-state index in [9.17, 15) is 4.79 Å². The van der Waals surface area contributed by atoms with E-state index in [2.05, 4.69) is 12.2 Å². The Morgan fingerprint density at radius 1 is 1.09 bits per heavy atom. The second-order valence-corrected chi connectivity index (χ2v) is 7.99. The van der Waals surface area contributed by atoms with E-state index in [1.54, 1.807) is 0 Å². The van der Waals surface area contributed by atoms with Crippen molar-refractivity contribution in [3.05, 3.63) is 0 Å². The van der Waals surface area contributed by atoms with E-state index in [0.29, 0.717) is 12.1 Å². The summed E-state index contributed by atoms with van der Waals surface area (Å²) in [5.74, 6) is 0.816. The van der Waals surface area contributed by atoms with Crippen molar-refractivity contribution in [3.8, 4) is 0 Å². The van der Waals surface area contributed by atoms with Crippen LogP contribution in [0.5, 0.6) is 0 Å². The monoisotopic (exact) mass is 311 g/mol. The molecule has 0 aromatic rings. The number of esters is 1. The van der Waals surface area contributed by atoms with Crippen molar-refractivity contribution in [2.45, 2.75) is 83.9 Å². The number of hydrogen-bond acceptors (Lipinski definition) is 4. The van der Waals surface area contributed by atoms with Crippen molar-refractivity contribution >= 4 is 5.97 Å². The maximum atomic E-state index is 12.1. The number of ether oxygens (including phenoxy) is 2. The van der Waals surface area contributed by atoms with Gasteiger partial charge in [-0.2, -0.15) is 0 Å². The van der Waals surface area contributed by atoms with Crippen LogP contribution in [0.25, 0.3) is 0 Å². The van der Waals surface area contributed by atoms with Crippen LogP contribution in [-0.2, 0) is 14.3 Å². The van der Waals surface area contributed by atoms with Gasteiger partial charge in [-0.15, -0.1) is 0 Å². The molecule has 2 fully saturated rings. The van der Waals surface area contributed by atoms with Gasteiger partial charge in [-0.25, -0.2) is 0 Å². The SMILES string of the molecule is CC(NC1CCC(C(=O)OC(C)(C)C)CC1)C1CCOCC1. The molecule has 0 amide bonds. The lowest BCUT2D eigenvalue weighted by molar-refractivity contribution is -0.161. The Morgan fingerprint density at radius 3 is 2.23 bits per heavy atom. The largest absolute Gasteiger partial charge is 0.460 e. The second kappa shape index (κ2) is 7.78. The predicted octanol–water partition coefficient (Wildman–Crippen LogP) is 3.29. The summed E-state index contributed by atoms with van der Waals surface area (Å²) in [6, 6.07) is 1.10. The lowest BCUT2D eigenvalue weighted by atomic mass is 9.84. The van der Waals surface area contributed by atoms with Crippen molar-refractivity contribution in [2.75, 3.05) is 13.2 Å². The van der Waals surface area contributed by atoms with Crippen molar-refractivity contribution < 1.29 is 14.3 Å². The van der Waals surface area contributed by atoms with Crippen LogP contribution in [0.3, 0.4) is 0 Å². The van der Waals surface area contributed by atoms with E-state index in [1.165, 1.54) is 12.8 Å². The first kappa shape index (κ1) is 17.7. The molecular weight excluding hydrogens is 278 g/mol. The first-order valence-electron chi connectivity index (χ1n) is 8.92. The number of carbonyl (C=O) groups excluding carboxylic acids is 1. The molecule has 4 heteroatoms. The summed E-state index contributed by atoms with van der Waals surface area (Å²) in [6.07, 6.45) is 6.40. The Balaban J connectivity index is 1.71. The summed E-state index contributed by atoms with van der Waals surface area (Å²) in [5, 5.41) is 3.79. The molecular formula is C18H33NO3.